The fraction of sp³-hybridized carbons (Fsp3) is 0.227. The zero-order valence-electron chi connectivity index (χ0n) is 16.8. The van der Waals surface area contributed by atoms with E-state index in [-0.39, 0.29) is 28.3 Å². The third-order valence-corrected chi connectivity index (χ3v) is 6.42. The number of hydrogen-bond donors (Lipinski definition) is 0. The summed E-state index contributed by atoms with van der Waals surface area (Å²) < 4.78 is 72.1. The molecule has 0 aliphatic carbocycles. The Morgan fingerprint density at radius 2 is 1.68 bits per heavy atom. The van der Waals surface area contributed by atoms with E-state index in [1.807, 2.05) is 0 Å². The number of aromatic nitrogens is 1. The Morgan fingerprint density at radius 1 is 1.00 bits per heavy atom. The third kappa shape index (κ3) is 4.36. The van der Waals surface area contributed by atoms with Crippen LogP contribution in [0.15, 0.2) is 65.7 Å². The maximum atomic E-state index is 13.3. The average molecular weight is 451 g/mol. The molecule has 164 valence electrons. The smallest absolute Gasteiger partial charge is 0.416 e. The molecule has 2 aromatic carbocycles. The fourth-order valence-corrected chi connectivity index (χ4v) is 4.61. The van der Waals surface area contributed by atoms with Crippen LogP contribution in [0.5, 0.6) is 0 Å². The molecule has 1 aromatic heterocycles. The van der Waals surface area contributed by atoms with E-state index in [4.69, 9.17) is 4.74 Å². The van der Waals surface area contributed by atoms with Crippen molar-refractivity contribution < 1.29 is 31.1 Å². The van der Waals surface area contributed by atoms with Gasteiger partial charge in [-0.2, -0.15) is 13.2 Å². The molecular formula is C22H20F3NO4S. The SMILES string of the molecule is CCOC(=O)c1c(-c2cc(C(F)(F)F)ccc2CC)ccn1S(=O)(=O)c1ccccc1. The highest BCUT2D eigenvalue weighted by atomic mass is 32.2. The van der Waals surface area contributed by atoms with E-state index in [9.17, 15) is 26.4 Å². The largest absolute Gasteiger partial charge is 0.461 e. The lowest BCUT2D eigenvalue weighted by atomic mass is 9.95. The first kappa shape index (κ1) is 22.6. The molecular weight excluding hydrogens is 431 g/mol. The zero-order chi connectivity index (χ0) is 22.8. The van der Waals surface area contributed by atoms with Crippen LogP contribution in [0.1, 0.15) is 35.5 Å². The highest BCUT2D eigenvalue weighted by molar-refractivity contribution is 7.90. The van der Waals surface area contributed by atoms with E-state index in [1.54, 1.807) is 19.9 Å². The van der Waals surface area contributed by atoms with Crippen LogP contribution in [0.4, 0.5) is 13.2 Å². The van der Waals surface area contributed by atoms with Gasteiger partial charge in [0.05, 0.1) is 17.1 Å². The van der Waals surface area contributed by atoms with Crippen molar-refractivity contribution in [3.63, 3.8) is 0 Å². The van der Waals surface area contributed by atoms with Crippen molar-refractivity contribution >= 4 is 16.0 Å². The van der Waals surface area contributed by atoms with Crippen molar-refractivity contribution in [2.75, 3.05) is 6.61 Å². The van der Waals surface area contributed by atoms with E-state index in [1.165, 1.54) is 36.4 Å². The van der Waals surface area contributed by atoms with Gasteiger partial charge in [0.1, 0.15) is 5.69 Å². The Bertz CT molecular complexity index is 1200. The molecule has 5 nitrogen and oxygen atoms in total. The molecule has 9 heteroatoms. The molecule has 0 saturated carbocycles. The minimum atomic E-state index is -4.59. The predicted octanol–water partition coefficient (Wildman–Crippen LogP) is 5.15. The predicted molar refractivity (Wildman–Crippen MR) is 109 cm³/mol. The summed E-state index contributed by atoms with van der Waals surface area (Å²) in [5.74, 6) is -0.943. The van der Waals surface area contributed by atoms with Gasteiger partial charge in [-0.25, -0.2) is 17.2 Å². The van der Waals surface area contributed by atoms with Gasteiger partial charge in [-0.15, -0.1) is 0 Å². The van der Waals surface area contributed by atoms with Crippen molar-refractivity contribution in [1.29, 1.82) is 0 Å². The number of benzene rings is 2. The van der Waals surface area contributed by atoms with Gasteiger partial charge in [-0.05, 0) is 54.8 Å². The molecule has 0 saturated heterocycles. The molecule has 1 heterocycles. The summed E-state index contributed by atoms with van der Waals surface area (Å²) in [4.78, 5) is 12.7. The lowest BCUT2D eigenvalue weighted by molar-refractivity contribution is -0.137. The van der Waals surface area contributed by atoms with Gasteiger partial charge in [-0.1, -0.05) is 31.2 Å². The van der Waals surface area contributed by atoms with Crippen LogP contribution < -0.4 is 0 Å². The molecule has 0 amide bonds. The molecule has 0 aliphatic heterocycles. The molecule has 0 atom stereocenters. The Kier molecular flexibility index (Phi) is 6.26. The lowest BCUT2D eigenvalue weighted by Crippen LogP contribution is -2.20. The monoisotopic (exact) mass is 451 g/mol. The summed E-state index contributed by atoms with van der Waals surface area (Å²) in [6, 6.07) is 12.0. The molecule has 0 radical (unpaired) electrons. The highest BCUT2D eigenvalue weighted by Gasteiger charge is 2.33. The molecule has 0 aliphatic rings. The number of nitrogens with zero attached hydrogens (tertiary/aromatic N) is 1. The quantitative estimate of drug-likeness (QED) is 0.486. The number of ether oxygens (including phenoxy) is 1. The standard InChI is InChI=1S/C22H20F3NO4S/c1-3-15-10-11-16(22(23,24)25)14-19(15)18-12-13-26(20(18)21(27)30-4-2)31(28,29)17-8-6-5-7-9-17/h5-14H,3-4H2,1-2H3. The Labute approximate surface area is 178 Å². The number of hydrogen-bond acceptors (Lipinski definition) is 4. The second kappa shape index (κ2) is 8.58. The van der Waals surface area contributed by atoms with Gasteiger partial charge in [0.2, 0.25) is 0 Å². The Morgan fingerprint density at radius 3 is 2.26 bits per heavy atom. The number of halogens is 3. The van der Waals surface area contributed by atoms with Crippen molar-refractivity contribution in [1.82, 2.24) is 3.97 Å². The van der Waals surface area contributed by atoms with Crippen molar-refractivity contribution in [2.24, 2.45) is 0 Å². The van der Waals surface area contributed by atoms with Gasteiger partial charge in [0, 0.05) is 11.8 Å². The number of alkyl halides is 3. The molecule has 0 spiro atoms. The first-order chi connectivity index (χ1) is 14.6. The van der Waals surface area contributed by atoms with E-state index >= 15 is 0 Å². The number of esters is 1. The zero-order valence-corrected chi connectivity index (χ0v) is 17.6. The molecule has 3 rings (SSSR count). The molecule has 31 heavy (non-hydrogen) atoms. The van der Waals surface area contributed by atoms with Crippen LogP contribution in [0, 0.1) is 0 Å². The minimum Gasteiger partial charge on any atom is -0.461 e. The first-order valence-electron chi connectivity index (χ1n) is 9.50. The summed E-state index contributed by atoms with van der Waals surface area (Å²) >= 11 is 0. The third-order valence-electron chi connectivity index (χ3n) is 4.73. The van der Waals surface area contributed by atoms with Crippen LogP contribution in [-0.2, 0) is 27.4 Å². The summed E-state index contributed by atoms with van der Waals surface area (Å²) in [5, 5.41) is 0. The van der Waals surface area contributed by atoms with Crippen molar-refractivity contribution in [3.05, 3.63) is 77.6 Å². The Balaban J connectivity index is 2.30. The van der Waals surface area contributed by atoms with Gasteiger partial charge >= 0.3 is 12.1 Å². The average Bonchev–Trinajstić information content (AvgIpc) is 3.19. The number of rotatable bonds is 6. The van der Waals surface area contributed by atoms with Gasteiger partial charge in [0.25, 0.3) is 10.0 Å². The van der Waals surface area contributed by atoms with Crippen LogP contribution in [-0.4, -0.2) is 25.0 Å². The van der Waals surface area contributed by atoms with E-state index in [0.29, 0.717) is 12.0 Å². The molecule has 0 fully saturated rings. The van der Waals surface area contributed by atoms with Gasteiger partial charge in [0.15, 0.2) is 0 Å². The van der Waals surface area contributed by atoms with Gasteiger partial charge < -0.3 is 4.74 Å². The molecule has 0 N–H and O–H groups in total. The number of aryl methyl sites for hydroxylation is 1. The van der Waals surface area contributed by atoms with Crippen LogP contribution >= 0.6 is 0 Å². The second-order valence-corrected chi connectivity index (χ2v) is 8.45. The minimum absolute atomic E-state index is 0.0297. The van der Waals surface area contributed by atoms with E-state index < -0.39 is 27.7 Å². The van der Waals surface area contributed by atoms with Crippen LogP contribution in [0.25, 0.3) is 11.1 Å². The van der Waals surface area contributed by atoms with E-state index in [2.05, 4.69) is 0 Å². The number of carbonyl (C=O) groups is 1. The van der Waals surface area contributed by atoms with Crippen LogP contribution in [0.2, 0.25) is 0 Å². The van der Waals surface area contributed by atoms with Gasteiger partial charge in [-0.3, -0.25) is 0 Å². The van der Waals surface area contributed by atoms with E-state index in [0.717, 1.165) is 22.3 Å². The first-order valence-corrected chi connectivity index (χ1v) is 10.9. The van der Waals surface area contributed by atoms with Crippen molar-refractivity contribution in [3.8, 4) is 11.1 Å². The molecule has 0 unspecified atom stereocenters. The fourth-order valence-electron chi connectivity index (χ4n) is 3.25. The van der Waals surface area contributed by atoms with Crippen molar-refractivity contribution in [2.45, 2.75) is 31.3 Å². The normalized spacial score (nSPS) is 12.0. The molecule has 3 aromatic rings. The highest BCUT2D eigenvalue weighted by Crippen LogP contribution is 2.37. The maximum absolute atomic E-state index is 13.3. The lowest BCUT2D eigenvalue weighted by Gasteiger charge is -2.15. The number of carbonyl (C=O) groups excluding carboxylic acids is 1. The maximum Gasteiger partial charge on any atom is 0.416 e. The summed E-state index contributed by atoms with van der Waals surface area (Å²) in [5.41, 5.74) is -0.524. The Hall–Kier alpha value is -3.07. The summed E-state index contributed by atoms with van der Waals surface area (Å²) in [6.07, 6.45) is -3.06. The summed E-state index contributed by atoms with van der Waals surface area (Å²) in [7, 11) is -4.18. The topological polar surface area (TPSA) is 65.4 Å². The molecule has 0 bridgehead atoms. The van der Waals surface area contributed by atoms with Crippen LogP contribution in [0.3, 0.4) is 0 Å². The summed E-state index contributed by atoms with van der Waals surface area (Å²) in [6.45, 7) is 3.28. The second-order valence-electron chi connectivity index (χ2n) is 6.64.